The summed E-state index contributed by atoms with van der Waals surface area (Å²) in [4.78, 5) is 48.1. The summed E-state index contributed by atoms with van der Waals surface area (Å²) in [6.45, 7) is 5.00. The normalized spacial score (nSPS) is 12.9. The van der Waals surface area contributed by atoms with E-state index in [-0.39, 0.29) is 17.2 Å². The molecule has 29 heavy (non-hydrogen) atoms. The lowest BCUT2D eigenvalue weighted by atomic mass is 9.99. The van der Waals surface area contributed by atoms with Crippen LogP contribution in [0.1, 0.15) is 42.4 Å². The van der Waals surface area contributed by atoms with Gasteiger partial charge in [0.15, 0.2) is 6.61 Å². The van der Waals surface area contributed by atoms with Gasteiger partial charge in [0.05, 0.1) is 5.56 Å². The summed E-state index contributed by atoms with van der Waals surface area (Å²) in [7, 11) is 0. The number of hydrogen-bond donors (Lipinski definition) is 3. The molecule has 0 fully saturated rings. The molecule has 0 unspecified atom stereocenters. The second kappa shape index (κ2) is 9.51. The molecule has 2 atom stereocenters. The number of ketones is 1. The third kappa shape index (κ3) is 4.92. The number of hydrogen-bond acceptors (Lipinski definition) is 6. The Hall–Kier alpha value is -2.94. The first-order chi connectivity index (χ1) is 13.7. The first-order valence-electron chi connectivity index (χ1n) is 9.24. The quantitative estimate of drug-likeness (QED) is 0.398. The SMILES string of the molecule is CCc1sc2cccc(OCC(=O)N[C@@H](C(=O)O)[C@@H](C)CC)c2c1C(=O)C(N)=O. The van der Waals surface area contributed by atoms with Gasteiger partial charge in [-0.2, -0.15) is 0 Å². The molecule has 0 bridgehead atoms. The van der Waals surface area contributed by atoms with Crippen LogP contribution in [0.25, 0.3) is 10.1 Å². The number of fused-ring (bicyclic) bond motifs is 1. The molecule has 0 aliphatic heterocycles. The van der Waals surface area contributed by atoms with Gasteiger partial charge in [0.1, 0.15) is 11.8 Å². The standard InChI is InChI=1S/C20H24N2O6S/c1-4-10(3)17(20(26)27)22-14(23)9-28-11-7-6-8-13-15(11)16(12(5-2)29-13)18(24)19(21)25/h6-8,10,17H,4-5,9H2,1-3H3,(H2,21,25)(H,22,23)(H,26,27)/t10-,17+/m0/s1. The van der Waals surface area contributed by atoms with Crippen LogP contribution in [0, 0.1) is 5.92 Å². The number of nitrogens with one attached hydrogen (secondary N) is 1. The molecule has 0 saturated heterocycles. The van der Waals surface area contributed by atoms with Crippen LogP contribution in [0.4, 0.5) is 0 Å². The second-order valence-corrected chi connectivity index (χ2v) is 7.77. The first kappa shape index (κ1) is 22.4. The number of benzene rings is 1. The highest BCUT2D eigenvalue weighted by molar-refractivity contribution is 7.19. The zero-order valence-corrected chi connectivity index (χ0v) is 17.3. The Labute approximate surface area is 172 Å². The maximum Gasteiger partial charge on any atom is 0.326 e. The van der Waals surface area contributed by atoms with Gasteiger partial charge < -0.3 is 20.9 Å². The molecule has 8 nitrogen and oxygen atoms in total. The van der Waals surface area contributed by atoms with Crippen molar-refractivity contribution >= 4 is 45.0 Å². The number of primary amides is 1. The number of nitrogens with two attached hydrogens (primary N) is 1. The molecule has 0 spiro atoms. The maximum absolute atomic E-state index is 12.4. The van der Waals surface area contributed by atoms with E-state index in [1.54, 1.807) is 25.1 Å². The van der Waals surface area contributed by atoms with Crippen molar-refractivity contribution in [1.29, 1.82) is 0 Å². The van der Waals surface area contributed by atoms with E-state index in [4.69, 9.17) is 10.5 Å². The van der Waals surface area contributed by atoms with Crippen LogP contribution in [0.15, 0.2) is 18.2 Å². The highest BCUT2D eigenvalue weighted by Gasteiger charge is 2.27. The highest BCUT2D eigenvalue weighted by atomic mass is 32.1. The summed E-state index contributed by atoms with van der Waals surface area (Å²) in [5, 5.41) is 12.2. The van der Waals surface area contributed by atoms with Crippen molar-refractivity contribution in [3.05, 3.63) is 28.6 Å². The highest BCUT2D eigenvalue weighted by Crippen LogP contribution is 2.38. The number of carboxylic acids is 1. The van der Waals surface area contributed by atoms with E-state index in [0.717, 1.165) is 4.70 Å². The van der Waals surface area contributed by atoms with Gasteiger partial charge in [-0.1, -0.05) is 33.3 Å². The van der Waals surface area contributed by atoms with Crippen LogP contribution >= 0.6 is 11.3 Å². The average molecular weight is 420 g/mol. The van der Waals surface area contributed by atoms with E-state index in [1.807, 2.05) is 13.8 Å². The first-order valence-corrected chi connectivity index (χ1v) is 10.1. The second-order valence-electron chi connectivity index (χ2n) is 6.63. The lowest BCUT2D eigenvalue weighted by Gasteiger charge is -2.20. The van der Waals surface area contributed by atoms with Gasteiger partial charge >= 0.3 is 5.97 Å². The van der Waals surface area contributed by atoms with Crippen LogP contribution in [0.5, 0.6) is 5.75 Å². The third-order valence-corrected chi connectivity index (χ3v) is 5.98. The van der Waals surface area contributed by atoms with E-state index in [2.05, 4.69) is 5.32 Å². The molecule has 1 heterocycles. The Kier molecular flexibility index (Phi) is 7.33. The van der Waals surface area contributed by atoms with E-state index in [1.165, 1.54) is 11.3 Å². The number of Topliss-reactive ketones (excluding diaryl/α,β-unsaturated/α-hetero) is 1. The summed E-state index contributed by atoms with van der Waals surface area (Å²) in [6.07, 6.45) is 1.12. The molecule has 2 aromatic rings. The van der Waals surface area contributed by atoms with Crippen molar-refractivity contribution in [1.82, 2.24) is 5.32 Å². The van der Waals surface area contributed by atoms with Crippen LogP contribution in [0.2, 0.25) is 0 Å². The summed E-state index contributed by atoms with van der Waals surface area (Å²) < 4.78 is 6.33. The van der Waals surface area contributed by atoms with Crippen molar-refractivity contribution < 1.29 is 29.0 Å². The Morgan fingerprint density at radius 3 is 2.48 bits per heavy atom. The Bertz CT molecular complexity index is 952. The van der Waals surface area contributed by atoms with Gasteiger partial charge in [-0.3, -0.25) is 14.4 Å². The Balaban J connectivity index is 2.29. The molecule has 0 aliphatic rings. The molecule has 2 rings (SSSR count). The van der Waals surface area contributed by atoms with Crippen molar-refractivity contribution in [2.45, 2.75) is 39.7 Å². The largest absolute Gasteiger partial charge is 0.483 e. The zero-order valence-electron chi connectivity index (χ0n) is 16.5. The molecule has 2 amide bonds. The number of aliphatic carboxylic acids is 1. The maximum atomic E-state index is 12.4. The topological polar surface area (TPSA) is 136 Å². The van der Waals surface area contributed by atoms with Crippen LogP contribution in [-0.2, 0) is 20.8 Å². The molecular weight excluding hydrogens is 396 g/mol. The summed E-state index contributed by atoms with van der Waals surface area (Å²) in [5.74, 6) is -3.57. The monoisotopic (exact) mass is 420 g/mol. The van der Waals surface area contributed by atoms with Gasteiger partial charge in [0, 0.05) is 15.0 Å². The molecular formula is C20H24N2O6S. The van der Waals surface area contributed by atoms with E-state index in [0.29, 0.717) is 23.1 Å². The smallest absolute Gasteiger partial charge is 0.326 e. The Morgan fingerprint density at radius 1 is 1.24 bits per heavy atom. The van der Waals surface area contributed by atoms with Gasteiger partial charge in [-0.15, -0.1) is 11.3 Å². The zero-order chi connectivity index (χ0) is 21.7. The number of ether oxygens (including phenoxy) is 1. The number of rotatable bonds is 10. The van der Waals surface area contributed by atoms with E-state index >= 15 is 0 Å². The Morgan fingerprint density at radius 2 is 1.93 bits per heavy atom. The lowest BCUT2D eigenvalue weighted by molar-refractivity contribution is -0.143. The van der Waals surface area contributed by atoms with Crippen LogP contribution < -0.4 is 15.8 Å². The minimum absolute atomic E-state index is 0.194. The molecule has 1 aromatic heterocycles. The van der Waals surface area contributed by atoms with Crippen molar-refractivity contribution in [2.75, 3.05) is 6.61 Å². The predicted molar refractivity (Wildman–Crippen MR) is 109 cm³/mol. The van der Waals surface area contributed by atoms with Crippen molar-refractivity contribution in [3.63, 3.8) is 0 Å². The van der Waals surface area contributed by atoms with Crippen molar-refractivity contribution in [3.8, 4) is 5.75 Å². The van der Waals surface area contributed by atoms with E-state index < -0.39 is 36.2 Å². The number of aryl methyl sites for hydroxylation is 1. The molecule has 0 aliphatic carbocycles. The van der Waals surface area contributed by atoms with Gasteiger partial charge in [0.25, 0.3) is 17.6 Å². The summed E-state index contributed by atoms with van der Waals surface area (Å²) >= 11 is 1.35. The predicted octanol–water partition coefficient (Wildman–Crippen LogP) is 2.13. The fraction of sp³-hybridized carbons (Fsp3) is 0.400. The number of carbonyl (C=O) groups is 4. The summed E-state index contributed by atoms with van der Waals surface area (Å²) in [5.41, 5.74) is 5.39. The van der Waals surface area contributed by atoms with Gasteiger partial charge in [0.2, 0.25) is 0 Å². The van der Waals surface area contributed by atoms with Gasteiger partial charge in [-0.05, 0) is 24.5 Å². The number of amides is 2. The fourth-order valence-corrected chi connectivity index (χ4v) is 4.10. The van der Waals surface area contributed by atoms with Crippen molar-refractivity contribution in [2.24, 2.45) is 11.7 Å². The number of thiophene rings is 1. The molecule has 0 saturated carbocycles. The van der Waals surface area contributed by atoms with E-state index in [9.17, 15) is 24.3 Å². The summed E-state index contributed by atoms with van der Waals surface area (Å²) in [6, 6.07) is 4.06. The molecule has 1 aromatic carbocycles. The minimum Gasteiger partial charge on any atom is -0.483 e. The van der Waals surface area contributed by atoms with Crippen LogP contribution in [-0.4, -0.2) is 41.3 Å². The number of carbonyl (C=O) groups excluding carboxylic acids is 3. The average Bonchev–Trinajstić information content (AvgIpc) is 3.08. The fourth-order valence-electron chi connectivity index (χ4n) is 2.94. The number of carboxylic acid groups (broad SMARTS) is 1. The molecule has 9 heteroatoms. The molecule has 156 valence electrons. The third-order valence-electron chi connectivity index (χ3n) is 4.68. The van der Waals surface area contributed by atoms with Crippen LogP contribution in [0.3, 0.4) is 0 Å². The molecule has 0 radical (unpaired) electrons. The van der Waals surface area contributed by atoms with Gasteiger partial charge in [-0.25, -0.2) is 4.79 Å². The minimum atomic E-state index is -1.12. The molecule has 4 N–H and O–H groups in total. The lowest BCUT2D eigenvalue weighted by Crippen LogP contribution is -2.46.